The molecule has 84 valence electrons. The Kier molecular flexibility index (Phi) is 3.70. The molecule has 2 aromatic rings. The fourth-order valence-corrected chi connectivity index (χ4v) is 2.45. The monoisotopic (exact) mass is 234 g/mol. The highest BCUT2D eigenvalue weighted by molar-refractivity contribution is 7.99. The van der Waals surface area contributed by atoms with Gasteiger partial charge in [-0.1, -0.05) is 18.2 Å². The molecule has 1 N–H and O–H groups in total. The second-order valence-electron chi connectivity index (χ2n) is 3.65. The number of hydrogen-bond donors (Lipinski definition) is 1. The topological polar surface area (TPSA) is 33.4 Å². The van der Waals surface area contributed by atoms with Crippen LogP contribution < -0.4 is 0 Å². The van der Waals surface area contributed by atoms with Crippen LogP contribution >= 0.6 is 11.8 Å². The second-order valence-corrected chi connectivity index (χ2v) is 4.71. The Hall–Kier alpha value is -1.19. The Morgan fingerprint density at radius 3 is 2.81 bits per heavy atom. The molecule has 0 saturated carbocycles. The molecule has 0 fully saturated rings. The standard InChI is InChI=1S/C13H14O2S/c1-10-4-2-3-5-13(10)16-9-12(14)11-6-7-15-8-11/h2-8,12,14H,9H2,1H3. The Morgan fingerprint density at radius 1 is 1.31 bits per heavy atom. The normalized spacial score (nSPS) is 12.6. The molecule has 3 heteroatoms. The molecular weight excluding hydrogens is 220 g/mol. The van der Waals surface area contributed by atoms with E-state index < -0.39 is 6.10 Å². The smallest absolute Gasteiger partial charge is 0.0960 e. The minimum absolute atomic E-state index is 0.469. The molecule has 0 aliphatic rings. The van der Waals surface area contributed by atoms with Gasteiger partial charge in [0, 0.05) is 16.2 Å². The first-order chi connectivity index (χ1) is 7.77. The first kappa shape index (κ1) is 11.3. The maximum atomic E-state index is 9.88. The van der Waals surface area contributed by atoms with Crippen LogP contribution in [-0.2, 0) is 0 Å². The second kappa shape index (κ2) is 5.23. The summed E-state index contributed by atoms with van der Waals surface area (Å²) in [6.45, 7) is 2.08. The number of hydrogen-bond acceptors (Lipinski definition) is 3. The maximum absolute atomic E-state index is 9.88. The Bertz CT molecular complexity index is 437. The zero-order valence-electron chi connectivity index (χ0n) is 9.09. The van der Waals surface area contributed by atoms with Crippen molar-refractivity contribution in [3.8, 4) is 0 Å². The number of thioether (sulfide) groups is 1. The van der Waals surface area contributed by atoms with Gasteiger partial charge in [0.1, 0.15) is 0 Å². The maximum Gasteiger partial charge on any atom is 0.0960 e. The largest absolute Gasteiger partial charge is 0.472 e. The first-order valence-electron chi connectivity index (χ1n) is 5.16. The van der Waals surface area contributed by atoms with Crippen LogP contribution in [0.4, 0.5) is 0 Å². The van der Waals surface area contributed by atoms with Gasteiger partial charge in [-0.2, -0.15) is 0 Å². The lowest BCUT2D eigenvalue weighted by Gasteiger charge is -2.09. The molecule has 2 nitrogen and oxygen atoms in total. The number of benzene rings is 1. The number of rotatable bonds is 4. The Labute approximate surface area is 99.3 Å². The van der Waals surface area contributed by atoms with Gasteiger partial charge in [-0.25, -0.2) is 0 Å². The minimum atomic E-state index is -0.469. The zero-order valence-corrected chi connectivity index (χ0v) is 9.91. The van der Waals surface area contributed by atoms with Crippen molar-refractivity contribution in [1.29, 1.82) is 0 Å². The molecule has 1 aromatic carbocycles. The van der Waals surface area contributed by atoms with Gasteiger partial charge in [0.2, 0.25) is 0 Å². The van der Waals surface area contributed by atoms with E-state index in [1.807, 2.05) is 12.1 Å². The van der Waals surface area contributed by atoms with Crippen molar-refractivity contribution in [1.82, 2.24) is 0 Å². The van der Waals surface area contributed by atoms with Gasteiger partial charge >= 0.3 is 0 Å². The van der Waals surface area contributed by atoms with Crippen LogP contribution in [0.5, 0.6) is 0 Å². The van der Waals surface area contributed by atoms with Gasteiger partial charge < -0.3 is 9.52 Å². The van der Waals surface area contributed by atoms with E-state index in [-0.39, 0.29) is 0 Å². The van der Waals surface area contributed by atoms with Crippen molar-refractivity contribution < 1.29 is 9.52 Å². The summed E-state index contributed by atoms with van der Waals surface area (Å²) in [5.41, 5.74) is 2.08. The molecule has 1 atom stereocenters. The molecule has 1 unspecified atom stereocenters. The van der Waals surface area contributed by atoms with Crippen molar-refractivity contribution in [3.63, 3.8) is 0 Å². The summed E-state index contributed by atoms with van der Waals surface area (Å²) in [6.07, 6.45) is 2.70. The van der Waals surface area contributed by atoms with Crippen molar-refractivity contribution in [2.24, 2.45) is 0 Å². The molecule has 16 heavy (non-hydrogen) atoms. The van der Waals surface area contributed by atoms with Gasteiger partial charge in [0.05, 0.1) is 18.6 Å². The summed E-state index contributed by atoms with van der Waals surface area (Å²) in [5.74, 6) is 0.643. The highest BCUT2D eigenvalue weighted by Crippen LogP contribution is 2.27. The number of furan rings is 1. The van der Waals surface area contributed by atoms with Crippen LogP contribution in [0.1, 0.15) is 17.2 Å². The molecule has 0 saturated heterocycles. The Morgan fingerprint density at radius 2 is 2.12 bits per heavy atom. The third-order valence-corrected chi connectivity index (χ3v) is 3.67. The average Bonchev–Trinajstić information content (AvgIpc) is 2.81. The highest BCUT2D eigenvalue weighted by atomic mass is 32.2. The summed E-state index contributed by atoms with van der Waals surface area (Å²) in [4.78, 5) is 1.21. The van der Waals surface area contributed by atoms with E-state index in [4.69, 9.17) is 4.42 Å². The summed E-state index contributed by atoms with van der Waals surface area (Å²) in [5, 5.41) is 9.88. The van der Waals surface area contributed by atoms with Crippen molar-refractivity contribution >= 4 is 11.8 Å². The molecular formula is C13H14O2S. The van der Waals surface area contributed by atoms with E-state index in [2.05, 4.69) is 19.1 Å². The van der Waals surface area contributed by atoms with Crippen molar-refractivity contribution in [3.05, 3.63) is 54.0 Å². The van der Waals surface area contributed by atoms with Crippen LogP contribution in [-0.4, -0.2) is 10.9 Å². The van der Waals surface area contributed by atoms with Crippen LogP contribution in [0.2, 0.25) is 0 Å². The van der Waals surface area contributed by atoms with Crippen LogP contribution in [0, 0.1) is 6.92 Å². The molecule has 0 bridgehead atoms. The van der Waals surface area contributed by atoms with E-state index in [0.717, 1.165) is 5.56 Å². The fourth-order valence-electron chi connectivity index (χ4n) is 1.45. The average molecular weight is 234 g/mol. The van der Waals surface area contributed by atoms with E-state index >= 15 is 0 Å². The third-order valence-electron chi connectivity index (χ3n) is 2.42. The predicted molar refractivity (Wildman–Crippen MR) is 65.6 cm³/mol. The van der Waals surface area contributed by atoms with Gasteiger partial charge in [-0.3, -0.25) is 0 Å². The molecule has 1 heterocycles. The van der Waals surface area contributed by atoms with Crippen LogP contribution in [0.15, 0.2) is 52.2 Å². The first-order valence-corrected chi connectivity index (χ1v) is 6.14. The van der Waals surface area contributed by atoms with E-state index in [1.165, 1.54) is 10.5 Å². The number of aliphatic hydroxyl groups excluding tert-OH is 1. The van der Waals surface area contributed by atoms with Crippen molar-refractivity contribution in [2.75, 3.05) is 5.75 Å². The van der Waals surface area contributed by atoms with E-state index in [0.29, 0.717) is 5.75 Å². The molecule has 0 aliphatic carbocycles. The van der Waals surface area contributed by atoms with Crippen LogP contribution in [0.3, 0.4) is 0 Å². The summed E-state index contributed by atoms with van der Waals surface area (Å²) in [7, 11) is 0. The van der Waals surface area contributed by atoms with E-state index in [9.17, 15) is 5.11 Å². The molecule has 0 aliphatic heterocycles. The SMILES string of the molecule is Cc1ccccc1SCC(O)c1ccoc1. The van der Waals surface area contributed by atoms with Gasteiger partial charge in [-0.15, -0.1) is 11.8 Å². The lowest BCUT2D eigenvalue weighted by atomic mass is 10.2. The fraction of sp³-hybridized carbons (Fsp3) is 0.231. The molecule has 0 spiro atoms. The lowest BCUT2D eigenvalue weighted by molar-refractivity contribution is 0.203. The van der Waals surface area contributed by atoms with Gasteiger partial charge in [0.25, 0.3) is 0 Å². The lowest BCUT2D eigenvalue weighted by Crippen LogP contribution is -1.98. The Balaban J connectivity index is 1.95. The number of aryl methyl sites for hydroxylation is 1. The predicted octanol–water partition coefficient (Wildman–Crippen LogP) is 3.41. The number of aliphatic hydroxyl groups is 1. The van der Waals surface area contributed by atoms with Gasteiger partial charge in [0.15, 0.2) is 0 Å². The molecule has 2 rings (SSSR count). The zero-order chi connectivity index (χ0) is 11.4. The summed E-state index contributed by atoms with van der Waals surface area (Å²) in [6, 6.07) is 9.98. The molecule has 0 amide bonds. The van der Waals surface area contributed by atoms with Crippen molar-refractivity contribution in [2.45, 2.75) is 17.9 Å². The van der Waals surface area contributed by atoms with E-state index in [1.54, 1.807) is 30.4 Å². The quantitative estimate of drug-likeness (QED) is 0.823. The molecule has 0 radical (unpaired) electrons. The summed E-state index contributed by atoms with van der Waals surface area (Å²) < 4.78 is 4.94. The highest BCUT2D eigenvalue weighted by Gasteiger charge is 2.09. The van der Waals surface area contributed by atoms with Crippen LogP contribution in [0.25, 0.3) is 0 Å². The minimum Gasteiger partial charge on any atom is -0.472 e. The summed E-state index contributed by atoms with van der Waals surface area (Å²) >= 11 is 1.66. The molecule has 1 aromatic heterocycles. The van der Waals surface area contributed by atoms with Gasteiger partial charge in [-0.05, 0) is 24.6 Å². The third kappa shape index (κ3) is 2.68.